The van der Waals surface area contributed by atoms with Gasteiger partial charge in [0.05, 0.1) is 36.4 Å². The average Bonchev–Trinajstić information content (AvgIpc) is 2.78. The molecular formula is C26H27NO7. The summed E-state index contributed by atoms with van der Waals surface area (Å²) < 4.78 is 16.1. The number of allylic oxidation sites excluding steroid dienone is 3. The van der Waals surface area contributed by atoms with E-state index in [0.29, 0.717) is 28.8 Å². The van der Waals surface area contributed by atoms with Gasteiger partial charge in [0.15, 0.2) is 11.2 Å². The second-order valence-electron chi connectivity index (χ2n) is 9.01. The zero-order chi connectivity index (χ0) is 24.7. The predicted molar refractivity (Wildman–Crippen MR) is 124 cm³/mol. The van der Waals surface area contributed by atoms with Crippen LogP contribution in [0.4, 0.5) is 0 Å². The van der Waals surface area contributed by atoms with Crippen LogP contribution in [0.15, 0.2) is 62.3 Å². The van der Waals surface area contributed by atoms with Crippen LogP contribution < -0.4 is 10.7 Å². The molecule has 3 atom stereocenters. The lowest BCUT2D eigenvalue weighted by molar-refractivity contribution is -0.151. The number of ether oxygens (including phenoxy) is 2. The molecule has 1 aromatic heterocycles. The number of benzene rings is 1. The first-order valence-electron chi connectivity index (χ1n) is 11.2. The first-order valence-corrected chi connectivity index (χ1v) is 11.2. The number of para-hydroxylation sites is 1. The summed E-state index contributed by atoms with van der Waals surface area (Å²) in [5.41, 5.74) is 1.56. The molecule has 4 rings (SSSR count). The van der Waals surface area contributed by atoms with E-state index in [1.165, 1.54) is 13.4 Å². The highest BCUT2D eigenvalue weighted by atomic mass is 16.5. The largest absolute Gasteiger partial charge is 0.468 e. The number of carbonyl (C=O) groups is 3. The maximum atomic E-state index is 13.7. The molecule has 1 aliphatic carbocycles. The number of carbonyl (C=O) groups excluding carboxylic acids is 3. The summed E-state index contributed by atoms with van der Waals surface area (Å²) in [4.78, 5) is 53.0. The number of ketones is 1. The minimum atomic E-state index is -1.05. The normalized spacial score (nSPS) is 22.5. The van der Waals surface area contributed by atoms with Crippen LogP contribution >= 0.6 is 0 Å². The Morgan fingerprint density at radius 1 is 1.18 bits per heavy atom. The molecule has 0 radical (unpaired) electrons. The van der Waals surface area contributed by atoms with Crippen LogP contribution in [-0.2, 0) is 23.9 Å². The van der Waals surface area contributed by atoms with E-state index < -0.39 is 35.7 Å². The molecule has 0 spiro atoms. The van der Waals surface area contributed by atoms with Crippen molar-refractivity contribution in [1.29, 1.82) is 0 Å². The van der Waals surface area contributed by atoms with E-state index in [9.17, 15) is 19.2 Å². The molecule has 2 aliphatic rings. The summed E-state index contributed by atoms with van der Waals surface area (Å²) in [5.74, 6) is -4.18. The van der Waals surface area contributed by atoms with Gasteiger partial charge in [-0.1, -0.05) is 19.1 Å². The molecule has 2 aromatic rings. The fourth-order valence-electron chi connectivity index (χ4n) is 4.83. The predicted octanol–water partition coefficient (Wildman–Crippen LogP) is 3.36. The molecule has 8 heteroatoms. The second kappa shape index (κ2) is 8.93. The number of hydrogen-bond acceptors (Lipinski definition) is 8. The lowest BCUT2D eigenvalue weighted by Gasteiger charge is -2.38. The Hall–Kier alpha value is -3.68. The van der Waals surface area contributed by atoms with Crippen LogP contribution in [0.5, 0.6) is 0 Å². The maximum absolute atomic E-state index is 13.7. The quantitative estimate of drug-likeness (QED) is 0.540. The Bertz CT molecular complexity index is 1310. The Morgan fingerprint density at radius 2 is 1.88 bits per heavy atom. The zero-order valence-corrected chi connectivity index (χ0v) is 19.8. The van der Waals surface area contributed by atoms with Gasteiger partial charge in [0.2, 0.25) is 0 Å². The lowest BCUT2D eigenvalue weighted by Crippen LogP contribution is -2.44. The molecule has 178 valence electrons. The van der Waals surface area contributed by atoms with Crippen LogP contribution in [0, 0.1) is 11.8 Å². The van der Waals surface area contributed by atoms with Gasteiger partial charge in [0.1, 0.15) is 11.5 Å². The summed E-state index contributed by atoms with van der Waals surface area (Å²) in [5, 5.41) is 3.50. The van der Waals surface area contributed by atoms with E-state index in [-0.39, 0.29) is 28.1 Å². The van der Waals surface area contributed by atoms with E-state index in [4.69, 9.17) is 13.9 Å². The second-order valence-corrected chi connectivity index (χ2v) is 9.01. The number of dihydropyridines is 1. The number of esters is 2. The summed E-state index contributed by atoms with van der Waals surface area (Å²) in [6, 6.07) is 6.76. The van der Waals surface area contributed by atoms with Gasteiger partial charge in [-0.05, 0) is 45.2 Å². The fourth-order valence-corrected chi connectivity index (χ4v) is 4.83. The highest BCUT2D eigenvalue weighted by molar-refractivity contribution is 6.12. The number of fused-ring (bicyclic) bond motifs is 1. The van der Waals surface area contributed by atoms with E-state index in [1.54, 1.807) is 52.0 Å². The third-order valence-corrected chi connectivity index (χ3v) is 6.32. The first-order chi connectivity index (χ1) is 16.1. The third-order valence-electron chi connectivity index (χ3n) is 6.32. The van der Waals surface area contributed by atoms with Crippen molar-refractivity contribution in [2.24, 2.45) is 11.8 Å². The molecule has 0 bridgehead atoms. The number of rotatable bonds is 4. The van der Waals surface area contributed by atoms with Crippen molar-refractivity contribution in [1.82, 2.24) is 5.32 Å². The Morgan fingerprint density at radius 3 is 2.56 bits per heavy atom. The molecule has 1 aliphatic heterocycles. The molecule has 0 saturated carbocycles. The molecule has 0 amide bonds. The van der Waals surface area contributed by atoms with Crippen molar-refractivity contribution in [3.8, 4) is 0 Å². The smallest absolute Gasteiger partial charge is 0.337 e. The van der Waals surface area contributed by atoms with Crippen molar-refractivity contribution in [3.63, 3.8) is 0 Å². The standard InChI is InChI=1S/C26H27NO7/c1-12(2)34-26(31)20-14(4)27-17-10-13(3)19(25(30)32-5)24(29)22(17)21(20)16-11-33-18-9-7-6-8-15(18)23(16)28/h6-9,11-13,19,21,27H,10H2,1-5H3/t13-,19+,21+/m0/s1. The van der Waals surface area contributed by atoms with Crippen LogP contribution in [0.3, 0.4) is 0 Å². The molecule has 34 heavy (non-hydrogen) atoms. The van der Waals surface area contributed by atoms with Crippen molar-refractivity contribution in [2.75, 3.05) is 7.11 Å². The molecule has 0 unspecified atom stereocenters. The van der Waals surface area contributed by atoms with Gasteiger partial charge in [-0.25, -0.2) is 4.79 Å². The molecule has 0 saturated heterocycles. The molecule has 1 aromatic carbocycles. The van der Waals surface area contributed by atoms with Gasteiger partial charge < -0.3 is 19.2 Å². The van der Waals surface area contributed by atoms with Gasteiger partial charge in [0, 0.05) is 22.5 Å². The summed E-state index contributed by atoms with van der Waals surface area (Å²) in [7, 11) is 1.23. The first kappa shape index (κ1) is 23.5. The molecule has 2 heterocycles. The maximum Gasteiger partial charge on any atom is 0.337 e. The zero-order valence-electron chi connectivity index (χ0n) is 19.8. The van der Waals surface area contributed by atoms with E-state index in [0.717, 1.165) is 0 Å². The number of Topliss-reactive ketones (excluding diaryl/α,β-unsaturated/α-hetero) is 1. The summed E-state index contributed by atoms with van der Waals surface area (Å²) in [6.07, 6.45) is 1.25. The molecule has 8 nitrogen and oxygen atoms in total. The van der Waals surface area contributed by atoms with Crippen LogP contribution in [-0.4, -0.2) is 30.9 Å². The van der Waals surface area contributed by atoms with Crippen LogP contribution in [0.2, 0.25) is 0 Å². The van der Waals surface area contributed by atoms with Gasteiger partial charge in [-0.2, -0.15) is 0 Å². The Labute approximate surface area is 196 Å². The SMILES string of the molecule is COC(=O)[C@H]1C(=O)C2=C(C[C@@H]1C)NC(C)=C(C(=O)OC(C)C)[C@H]2c1coc2ccccc2c1=O. The van der Waals surface area contributed by atoms with Crippen LogP contribution in [0.25, 0.3) is 11.0 Å². The Balaban J connectivity index is 1.97. The highest BCUT2D eigenvalue weighted by Gasteiger charge is 2.48. The highest BCUT2D eigenvalue weighted by Crippen LogP contribution is 2.45. The van der Waals surface area contributed by atoms with Crippen molar-refractivity contribution >= 4 is 28.7 Å². The van der Waals surface area contributed by atoms with Crippen molar-refractivity contribution < 1.29 is 28.3 Å². The minimum Gasteiger partial charge on any atom is -0.468 e. The van der Waals surface area contributed by atoms with Gasteiger partial charge >= 0.3 is 11.9 Å². The van der Waals surface area contributed by atoms with Crippen molar-refractivity contribution in [3.05, 3.63) is 68.9 Å². The average molecular weight is 466 g/mol. The monoisotopic (exact) mass is 465 g/mol. The van der Waals surface area contributed by atoms with Crippen molar-refractivity contribution in [2.45, 2.75) is 46.1 Å². The van der Waals surface area contributed by atoms with E-state index >= 15 is 0 Å². The van der Waals surface area contributed by atoms with E-state index in [2.05, 4.69) is 5.32 Å². The summed E-state index contributed by atoms with van der Waals surface area (Å²) >= 11 is 0. The van der Waals surface area contributed by atoms with Crippen LogP contribution in [0.1, 0.15) is 45.6 Å². The van der Waals surface area contributed by atoms with Gasteiger partial charge in [0.25, 0.3) is 0 Å². The number of hydrogen-bond donors (Lipinski definition) is 1. The van der Waals surface area contributed by atoms with Gasteiger partial charge in [-0.3, -0.25) is 14.4 Å². The van der Waals surface area contributed by atoms with E-state index in [1.807, 2.05) is 0 Å². The molecule has 1 N–H and O–H groups in total. The number of nitrogens with one attached hydrogen (secondary N) is 1. The number of methoxy groups -OCH3 is 1. The fraction of sp³-hybridized carbons (Fsp3) is 0.385. The minimum absolute atomic E-state index is 0.134. The van der Waals surface area contributed by atoms with Gasteiger partial charge in [-0.15, -0.1) is 0 Å². The molecular weight excluding hydrogens is 438 g/mol. The Kier molecular flexibility index (Phi) is 6.17. The summed E-state index contributed by atoms with van der Waals surface area (Å²) in [6.45, 7) is 6.94. The topological polar surface area (TPSA) is 112 Å². The molecule has 0 fully saturated rings. The third kappa shape index (κ3) is 3.83. The lowest BCUT2D eigenvalue weighted by atomic mass is 9.69.